The number of nitrogens with one attached hydrogen (secondary N) is 3. The van der Waals surface area contributed by atoms with Gasteiger partial charge in [-0.25, -0.2) is 13.1 Å². The number of aliphatic hydroxyl groups excluding tert-OH is 1. The molecule has 0 spiro atoms. The molecule has 3 aliphatic rings. The summed E-state index contributed by atoms with van der Waals surface area (Å²) in [6.45, 7) is 0.101. The van der Waals surface area contributed by atoms with Gasteiger partial charge >= 0.3 is 0 Å². The first-order valence-electron chi connectivity index (χ1n) is 13.1. The maximum atomic E-state index is 13.6. The molecule has 0 bridgehead atoms. The van der Waals surface area contributed by atoms with Crippen molar-refractivity contribution in [3.05, 3.63) is 29.8 Å². The summed E-state index contributed by atoms with van der Waals surface area (Å²) in [6.07, 6.45) is 5.74. The molecular weight excluding hydrogens is 496 g/mol. The van der Waals surface area contributed by atoms with E-state index in [0.29, 0.717) is 37.9 Å². The Morgan fingerprint density at radius 3 is 2.57 bits per heavy atom. The van der Waals surface area contributed by atoms with Crippen molar-refractivity contribution in [3.8, 4) is 0 Å². The number of benzene rings is 1. The maximum Gasteiger partial charge on any atom is 0.245 e. The minimum atomic E-state index is -3.68. The fourth-order valence-corrected chi connectivity index (χ4v) is 7.41. The molecule has 1 aliphatic carbocycles. The summed E-state index contributed by atoms with van der Waals surface area (Å²) < 4.78 is 28.6. The Kier molecular flexibility index (Phi) is 8.71. The predicted molar refractivity (Wildman–Crippen MR) is 140 cm³/mol. The molecule has 3 atom stereocenters. The molecule has 1 aromatic rings. The molecule has 1 saturated heterocycles. The molecular formula is C25H38N6O5S. The van der Waals surface area contributed by atoms with Gasteiger partial charge in [-0.15, -0.1) is 0 Å². The molecule has 2 amide bonds. The molecule has 2 aliphatic heterocycles. The number of hydrogen-bond acceptors (Lipinski definition) is 6. The highest BCUT2D eigenvalue weighted by Crippen LogP contribution is 2.28. The van der Waals surface area contributed by atoms with Gasteiger partial charge in [-0.3, -0.25) is 15.0 Å². The van der Waals surface area contributed by atoms with E-state index in [1.807, 2.05) is 12.1 Å². The summed E-state index contributed by atoms with van der Waals surface area (Å²) in [6, 6.07) is 5.65. The van der Waals surface area contributed by atoms with Crippen molar-refractivity contribution in [2.75, 3.05) is 23.7 Å². The van der Waals surface area contributed by atoms with E-state index < -0.39 is 40.1 Å². The highest BCUT2D eigenvalue weighted by molar-refractivity contribution is 7.89. The van der Waals surface area contributed by atoms with Crippen LogP contribution in [0.15, 0.2) is 24.3 Å². The number of likely N-dealkylation sites (tertiary alicyclic amines) is 1. The van der Waals surface area contributed by atoms with Crippen molar-refractivity contribution < 1.29 is 23.1 Å². The fourth-order valence-electron chi connectivity index (χ4n) is 5.70. The van der Waals surface area contributed by atoms with Crippen LogP contribution in [-0.2, 0) is 26.0 Å². The monoisotopic (exact) mass is 534 g/mol. The third-order valence-corrected chi connectivity index (χ3v) is 9.16. The van der Waals surface area contributed by atoms with Crippen molar-refractivity contribution in [2.45, 2.75) is 76.1 Å². The lowest BCUT2D eigenvalue weighted by Gasteiger charge is -2.38. The van der Waals surface area contributed by atoms with Gasteiger partial charge in [0, 0.05) is 12.2 Å². The molecule has 2 fully saturated rings. The SMILES string of the molecule is N=C(N)N1CCC[C@H](NC(=O)CN2C(=O)[C@@H](NS(=O)(=O)CC3CCCCC3)CCc3ccccc32)C1O. The van der Waals surface area contributed by atoms with Gasteiger partial charge in [0.1, 0.15) is 18.8 Å². The van der Waals surface area contributed by atoms with E-state index in [-0.39, 0.29) is 24.2 Å². The van der Waals surface area contributed by atoms with Gasteiger partial charge in [0.05, 0.1) is 11.8 Å². The van der Waals surface area contributed by atoms with Crippen LogP contribution in [0.25, 0.3) is 0 Å². The lowest BCUT2D eigenvalue weighted by Crippen LogP contribution is -2.59. The van der Waals surface area contributed by atoms with Crippen LogP contribution in [0.5, 0.6) is 0 Å². The van der Waals surface area contributed by atoms with Crippen molar-refractivity contribution in [2.24, 2.45) is 11.7 Å². The number of piperidine rings is 1. The highest BCUT2D eigenvalue weighted by atomic mass is 32.2. The molecule has 204 valence electrons. The van der Waals surface area contributed by atoms with Gasteiger partial charge in [0.25, 0.3) is 0 Å². The molecule has 0 aromatic heterocycles. The third-order valence-electron chi connectivity index (χ3n) is 7.60. The molecule has 1 saturated carbocycles. The van der Waals surface area contributed by atoms with Gasteiger partial charge in [-0.05, 0) is 56.1 Å². The molecule has 1 unspecified atom stereocenters. The second-order valence-electron chi connectivity index (χ2n) is 10.4. The van der Waals surface area contributed by atoms with Crippen LogP contribution in [0.1, 0.15) is 56.9 Å². The number of aliphatic hydroxyl groups is 1. The Labute approximate surface area is 218 Å². The van der Waals surface area contributed by atoms with E-state index in [4.69, 9.17) is 11.1 Å². The zero-order chi connectivity index (χ0) is 26.6. The number of amides is 2. The van der Waals surface area contributed by atoms with E-state index in [2.05, 4.69) is 10.0 Å². The van der Waals surface area contributed by atoms with E-state index >= 15 is 0 Å². The number of fused-ring (bicyclic) bond motifs is 1. The van der Waals surface area contributed by atoms with E-state index in [1.54, 1.807) is 12.1 Å². The zero-order valence-corrected chi connectivity index (χ0v) is 21.9. The molecule has 12 heteroatoms. The molecule has 1 aromatic carbocycles. The maximum absolute atomic E-state index is 13.6. The zero-order valence-electron chi connectivity index (χ0n) is 21.1. The standard InChI is InChI=1S/C25H38N6O5S/c26-25(27)30-14-6-10-19(23(30)33)28-22(32)15-31-21-11-5-4-9-18(21)12-13-20(24(31)34)29-37(35,36)16-17-7-2-1-3-8-17/h4-5,9,11,17,19-20,23,29,33H,1-3,6-8,10,12-16H2,(H3,26,27)(H,28,32)/t19-,20-,23?/m0/s1. The summed E-state index contributed by atoms with van der Waals surface area (Å²) in [7, 11) is -3.68. The van der Waals surface area contributed by atoms with Crippen LogP contribution in [-0.4, -0.2) is 73.4 Å². The first-order valence-corrected chi connectivity index (χ1v) is 14.8. The number of guanidine groups is 1. The van der Waals surface area contributed by atoms with E-state index in [0.717, 1.165) is 37.7 Å². The molecule has 6 N–H and O–H groups in total. The number of carbonyl (C=O) groups is 2. The molecule has 37 heavy (non-hydrogen) atoms. The van der Waals surface area contributed by atoms with Crippen molar-refractivity contribution in [1.82, 2.24) is 14.9 Å². The fraction of sp³-hybridized carbons (Fsp3) is 0.640. The van der Waals surface area contributed by atoms with Crippen LogP contribution in [0.4, 0.5) is 5.69 Å². The normalized spacial score (nSPS) is 25.3. The average Bonchev–Trinajstić information content (AvgIpc) is 2.97. The Morgan fingerprint density at radius 1 is 1.11 bits per heavy atom. The average molecular weight is 535 g/mol. The lowest BCUT2D eigenvalue weighted by molar-refractivity contribution is -0.126. The molecule has 4 rings (SSSR count). The summed E-state index contributed by atoms with van der Waals surface area (Å²) in [5.41, 5.74) is 6.98. The molecule has 11 nitrogen and oxygen atoms in total. The number of nitrogens with two attached hydrogens (primary N) is 1. The second kappa shape index (κ2) is 11.8. The number of aryl methyl sites for hydroxylation is 1. The summed E-state index contributed by atoms with van der Waals surface area (Å²) in [4.78, 5) is 29.3. The van der Waals surface area contributed by atoms with Gasteiger partial charge in [-0.2, -0.15) is 0 Å². The summed E-state index contributed by atoms with van der Waals surface area (Å²) in [5, 5.41) is 20.9. The minimum Gasteiger partial charge on any atom is -0.371 e. The highest BCUT2D eigenvalue weighted by Gasteiger charge is 2.36. The first-order chi connectivity index (χ1) is 17.6. The third kappa shape index (κ3) is 6.79. The number of sulfonamides is 1. The summed E-state index contributed by atoms with van der Waals surface area (Å²) in [5.74, 6) is -1.12. The number of para-hydroxylation sites is 1. The number of nitrogens with zero attached hydrogens (tertiary/aromatic N) is 2. The Balaban J connectivity index is 1.48. The minimum absolute atomic E-state index is 0.0103. The van der Waals surface area contributed by atoms with Crippen LogP contribution >= 0.6 is 0 Å². The van der Waals surface area contributed by atoms with Crippen LogP contribution in [0.3, 0.4) is 0 Å². The largest absolute Gasteiger partial charge is 0.371 e. The number of carbonyl (C=O) groups excluding carboxylic acids is 2. The van der Waals surface area contributed by atoms with Crippen molar-refractivity contribution >= 4 is 33.5 Å². The molecule has 0 radical (unpaired) electrons. The second-order valence-corrected chi connectivity index (χ2v) is 12.2. The Morgan fingerprint density at radius 2 is 1.84 bits per heavy atom. The summed E-state index contributed by atoms with van der Waals surface area (Å²) >= 11 is 0. The van der Waals surface area contributed by atoms with E-state index in [1.165, 1.54) is 9.80 Å². The van der Waals surface area contributed by atoms with Gasteiger partial charge < -0.3 is 26.0 Å². The number of anilines is 1. The first kappa shape index (κ1) is 27.3. The van der Waals surface area contributed by atoms with Crippen LogP contribution in [0, 0.1) is 11.3 Å². The smallest absolute Gasteiger partial charge is 0.245 e. The van der Waals surface area contributed by atoms with Gasteiger partial charge in [0.15, 0.2) is 5.96 Å². The van der Waals surface area contributed by atoms with Crippen molar-refractivity contribution in [3.63, 3.8) is 0 Å². The molecule has 2 heterocycles. The van der Waals surface area contributed by atoms with Crippen LogP contribution < -0.4 is 20.7 Å². The Hall–Kier alpha value is -2.70. The quantitative estimate of drug-likeness (QED) is 0.252. The van der Waals surface area contributed by atoms with Crippen molar-refractivity contribution in [1.29, 1.82) is 5.41 Å². The topological polar surface area (TPSA) is 169 Å². The number of hydrogen-bond donors (Lipinski definition) is 5. The van der Waals surface area contributed by atoms with E-state index in [9.17, 15) is 23.1 Å². The number of rotatable bonds is 7. The lowest BCUT2D eigenvalue weighted by atomic mass is 9.91. The van der Waals surface area contributed by atoms with Crippen LogP contribution in [0.2, 0.25) is 0 Å². The Bertz CT molecular complexity index is 1110. The predicted octanol–water partition coefficient (Wildman–Crippen LogP) is 0.627. The van der Waals surface area contributed by atoms with Gasteiger partial charge in [0.2, 0.25) is 21.8 Å². The van der Waals surface area contributed by atoms with Gasteiger partial charge in [-0.1, -0.05) is 37.5 Å².